The predicted octanol–water partition coefficient (Wildman–Crippen LogP) is 2.87. The van der Waals surface area contributed by atoms with Gasteiger partial charge in [-0.25, -0.2) is 0 Å². The Balaban J connectivity index is 1.36. The molecule has 0 bridgehead atoms. The van der Waals surface area contributed by atoms with Crippen LogP contribution in [0.15, 0.2) is 16.9 Å². The molecule has 1 saturated heterocycles. The van der Waals surface area contributed by atoms with Crippen LogP contribution in [-0.2, 0) is 24.8 Å². The van der Waals surface area contributed by atoms with Crippen molar-refractivity contribution in [2.24, 2.45) is 7.05 Å². The quantitative estimate of drug-likeness (QED) is 0.652. The summed E-state index contributed by atoms with van der Waals surface area (Å²) in [4.78, 5) is 33.8. The third-order valence-corrected chi connectivity index (χ3v) is 7.09. The van der Waals surface area contributed by atoms with Gasteiger partial charge in [-0.3, -0.25) is 19.2 Å². The Morgan fingerprint density at radius 1 is 1.23 bits per heavy atom. The van der Waals surface area contributed by atoms with E-state index >= 15 is 0 Å². The zero-order chi connectivity index (χ0) is 21.4. The molecular weight excluding hydrogens is 422 g/mol. The first-order valence-electron chi connectivity index (χ1n) is 10.1. The van der Waals surface area contributed by atoms with E-state index in [4.69, 9.17) is 11.6 Å². The van der Waals surface area contributed by atoms with E-state index in [1.54, 1.807) is 16.0 Å². The number of piperazine rings is 1. The molecule has 1 aliphatic heterocycles. The lowest BCUT2D eigenvalue weighted by molar-refractivity contribution is -0.132. The van der Waals surface area contributed by atoms with Crippen LogP contribution in [0.25, 0.3) is 11.0 Å². The maximum atomic E-state index is 12.8. The number of aromatic amines is 1. The third-order valence-electron chi connectivity index (χ3n) is 5.88. The van der Waals surface area contributed by atoms with Crippen molar-refractivity contribution in [2.45, 2.75) is 33.2 Å². The minimum atomic E-state index is -0.129. The Hall–Kier alpha value is -2.16. The third kappa shape index (κ3) is 4.17. The molecule has 30 heavy (non-hydrogen) atoms. The van der Waals surface area contributed by atoms with Crippen LogP contribution in [0.3, 0.4) is 0 Å². The number of aromatic nitrogens is 3. The molecule has 4 heterocycles. The fraction of sp³-hybridized carbons (Fsp3) is 0.476. The van der Waals surface area contributed by atoms with E-state index in [1.165, 1.54) is 4.88 Å². The predicted molar refractivity (Wildman–Crippen MR) is 120 cm³/mol. The summed E-state index contributed by atoms with van der Waals surface area (Å²) < 4.78 is 2.50. The van der Waals surface area contributed by atoms with Crippen LogP contribution in [0.5, 0.6) is 0 Å². The molecule has 0 atom stereocenters. The first-order chi connectivity index (χ1) is 14.3. The Morgan fingerprint density at radius 3 is 2.63 bits per heavy atom. The number of H-pyrrole nitrogens is 1. The summed E-state index contributed by atoms with van der Waals surface area (Å²) in [6, 6.07) is 3.99. The number of aryl methyl sites for hydroxylation is 3. The molecule has 4 rings (SSSR count). The topological polar surface area (TPSA) is 74.2 Å². The molecular formula is C21H26ClN5O2S. The average Bonchev–Trinajstić information content (AvgIpc) is 3.24. The Kier molecular flexibility index (Phi) is 5.99. The number of carbonyl (C=O) groups excluding carboxylic acids is 1. The SMILES string of the molecule is Cc1nn(C)c2[nH]c(=O)c(CCC(=O)N3CCN(Cc4ccc(Cl)s4)CC3)c(C)c12. The zero-order valence-electron chi connectivity index (χ0n) is 17.5. The summed E-state index contributed by atoms with van der Waals surface area (Å²) in [5, 5.41) is 5.37. The molecule has 160 valence electrons. The van der Waals surface area contributed by atoms with Gasteiger partial charge in [0.2, 0.25) is 5.91 Å². The van der Waals surface area contributed by atoms with Crippen molar-refractivity contribution in [3.8, 4) is 0 Å². The van der Waals surface area contributed by atoms with E-state index in [1.807, 2.05) is 31.9 Å². The van der Waals surface area contributed by atoms with E-state index in [2.05, 4.69) is 21.0 Å². The Labute approximate surface area is 184 Å². The molecule has 3 aromatic heterocycles. The summed E-state index contributed by atoms with van der Waals surface area (Å²) in [6.07, 6.45) is 0.785. The largest absolute Gasteiger partial charge is 0.340 e. The maximum absolute atomic E-state index is 12.8. The Bertz CT molecular complexity index is 1140. The molecule has 3 aromatic rings. The van der Waals surface area contributed by atoms with Crippen LogP contribution in [0.1, 0.15) is 28.1 Å². The molecule has 9 heteroatoms. The normalized spacial score (nSPS) is 15.3. The maximum Gasteiger partial charge on any atom is 0.253 e. The number of rotatable bonds is 5. The minimum absolute atomic E-state index is 0.107. The van der Waals surface area contributed by atoms with Crippen molar-refractivity contribution in [3.05, 3.63) is 48.5 Å². The summed E-state index contributed by atoms with van der Waals surface area (Å²) in [7, 11) is 1.82. The number of hydrogen-bond donors (Lipinski definition) is 1. The fourth-order valence-corrected chi connectivity index (χ4v) is 5.39. The first-order valence-corrected chi connectivity index (χ1v) is 11.3. The monoisotopic (exact) mass is 447 g/mol. The zero-order valence-corrected chi connectivity index (χ0v) is 19.1. The minimum Gasteiger partial charge on any atom is -0.340 e. The highest BCUT2D eigenvalue weighted by Gasteiger charge is 2.22. The van der Waals surface area contributed by atoms with E-state index < -0.39 is 0 Å². The van der Waals surface area contributed by atoms with Gasteiger partial charge in [0.05, 0.1) is 10.0 Å². The van der Waals surface area contributed by atoms with Crippen LogP contribution < -0.4 is 5.56 Å². The van der Waals surface area contributed by atoms with Crippen molar-refractivity contribution in [3.63, 3.8) is 0 Å². The highest BCUT2D eigenvalue weighted by atomic mass is 35.5. The lowest BCUT2D eigenvalue weighted by Crippen LogP contribution is -2.48. The van der Waals surface area contributed by atoms with Crippen molar-refractivity contribution in [2.75, 3.05) is 26.2 Å². The van der Waals surface area contributed by atoms with E-state index in [0.29, 0.717) is 31.5 Å². The van der Waals surface area contributed by atoms with Gasteiger partial charge in [-0.1, -0.05) is 11.6 Å². The van der Waals surface area contributed by atoms with Crippen LogP contribution >= 0.6 is 22.9 Å². The van der Waals surface area contributed by atoms with Gasteiger partial charge >= 0.3 is 0 Å². The molecule has 0 radical (unpaired) electrons. The molecule has 1 amide bonds. The van der Waals surface area contributed by atoms with Crippen LogP contribution in [-0.4, -0.2) is 56.7 Å². The number of nitrogens with one attached hydrogen (secondary N) is 1. The first kappa shape index (κ1) is 21.1. The molecule has 1 N–H and O–H groups in total. The van der Waals surface area contributed by atoms with E-state index in [9.17, 15) is 9.59 Å². The molecule has 0 saturated carbocycles. The number of carbonyl (C=O) groups is 1. The number of amides is 1. The number of nitrogens with zero attached hydrogens (tertiary/aromatic N) is 4. The van der Waals surface area contributed by atoms with Crippen LogP contribution in [0, 0.1) is 13.8 Å². The Morgan fingerprint density at radius 2 is 1.97 bits per heavy atom. The van der Waals surface area contributed by atoms with Crippen molar-refractivity contribution >= 4 is 39.9 Å². The van der Waals surface area contributed by atoms with E-state index in [0.717, 1.165) is 46.3 Å². The lowest BCUT2D eigenvalue weighted by Gasteiger charge is -2.34. The van der Waals surface area contributed by atoms with Crippen LogP contribution in [0.2, 0.25) is 4.34 Å². The smallest absolute Gasteiger partial charge is 0.253 e. The van der Waals surface area contributed by atoms with Gasteiger partial charge in [-0.05, 0) is 38.0 Å². The standard InChI is InChI=1S/C21H26ClN5O2S/c1-13-16(21(29)23-20-19(13)14(2)24-25(20)3)5-7-18(28)27-10-8-26(9-11-27)12-15-4-6-17(22)30-15/h4,6H,5,7-12H2,1-3H3,(H,23,29). The number of hydrogen-bond acceptors (Lipinski definition) is 5. The molecule has 0 aromatic carbocycles. The molecule has 0 unspecified atom stereocenters. The van der Waals surface area contributed by atoms with Gasteiger partial charge < -0.3 is 9.88 Å². The number of thiophene rings is 1. The van der Waals surface area contributed by atoms with Gasteiger partial charge in [-0.15, -0.1) is 11.3 Å². The van der Waals surface area contributed by atoms with E-state index in [-0.39, 0.29) is 11.5 Å². The average molecular weight is 448 g/mol. The lowest BCUT2D eigenvalue weighted by atomic mass is 10.0. The fourth-order valence-electron chi connectivity index (χ4n) is 4.26. The second-order valence-corrected chi connectivity index (χ2v) is 9.65. The summed E-state index contributed by atoms with van der Waals surface area (Å²) in [5.74, 6) is 0.107. The van der Waals surface area contributed by atoms with Gasteiger partial charge in [0.15, 0.2) is 0 Å². The van der Waals surface area contributed by atoms with Crippen LogP contribution in [0.4, 0.5) is 0 Å². The number of fused-ring (bicyclic) bond motifs is 1. The highest BCUT2D eigenvalue weighted by molar-refractivity contribution is 7.16. The highest BCUT2D eigenvalue weighted by Crippen LogP contribution is 2.24. The molecule has 0 spiro atoms. The molecule has 1 aliphatic rings. The molecule has 1 fully saturated rings. The van der Waals surface area contributed by atoms with Gasteiger partial charge in [0, 0.05) is 62.0 Å². The number of pyridine rings is 1. The summed E-state index contributed by atoms with van der Waals surface area (Å²) in [5.41, 5.74) is 3.09. The van der Waals surface area contributed by atoms with Crippen molar-refractivity contribution < 1.29 is 4.79 Å². The second-order valence-electron chi connectivity index (χ2n) is 7.85. The van der Waals surface area contributed by atoms with Crippen molar-refractivity contribution in [1.29, 1.82) is 0 Å². The summed E-state index contributed by atoms with van der Waals surface area (Å²) >= 11 is 7.62. The van der Waals surface area contributed by atoms with Gasteiger partial charge in [-0.2, -0.15) is 5.10 Å². The van der Waals surface area contributed by atoms with Gasteiger partial charge in [0.25, 0.3) is 5.56 Å². The summed E-state index contributed by atoms with van der Waals surface area (Å²) in [6.45, 7) is 7.89. The molecule has 7 nitrogen and oxygen atoms in total. The van der Waals surface area contributed by atoms with Gasteiger partial charge in [0.1, 0.15) is 5.65 Å². The number of halogens is 1. The van der Waals surface area contributed by atoms with Crippen molar-refractivity contribution in [1.82, 2.24) is 24.6 Å². The molecule has 0 aliphatic carbocycles. The second kappa shape index (κ2) is 8.53.